The van der Waals surface area contributed by atoms with Gasteiger partial charge in [0.2, 0.25) is 0 Å². The number of aromatic amines is 1. The van der Waals surface area contributed by atoms with Crippen LogP contribution in [0.3, 0.4) is 0 Å². The molecule has 1 saturated heterocycles. The van der Waals surface area contributed by atoms with Gasteiger partial charge in [-0.3, -0.25) is 10.00 Å². The van der Waals surface area contributed by atoms with Crippen LogP contribution in [0.5, 0.6) is 0 Å². The Labute approximate surface area is 144 Å². The highest BCUT2D eigenvalue weighted by molar-refractivity contribution is 7.10. The lowest BCUT2D eigenvalue weighted by atomic mass is 9.90. The van der Waals surface area contributed by atoms with Gasteiger partial charge in [-0.15, -0.1) is 11.3 Å². The predicted octanol–water partition coefficient (Wildman–Crippen LogP) is 3.68. The fraction of sp³-hybridized carbons (Fsp3) is 0.389. The second-order valence-electron chi connectivity index (χ2n) is 6.31. The van der Waals surface area contributed by atoms with Crippen LogP contribution >= 0.6 is 11.3 Å². The third-order valence-electron chi connectivity index (χ3n) is 4.72. The summed E-state index contributed by atoms with van der Waals surface area (Å²) >= 11 is 1.64. The number of rotatable bonds is 5. The first-order chi connectivity index (χ1) is 11.8. The Morgan fingerprint density at radius 1 is 1.29 bits per heavy atom. The molecule has 0 bridgehead atoms. The summed E-state index contributed by atoms with van der Waals surface area (Å²) in [4.78, 5) is 3.48. The van der Waals surface area contributed by atoms with Crippen molar-refractivity contribution in [1.29, 1.82) is 0 Å². The molecule has 0 aliphatic carbocycles. The number of aliphatic hydroxyl groups excluding tert-OH is 1. The van der Waals surface area contributed by atoms with Gasteiger partial charge in [-0.05, 0) is 61.5 Å². The average molecular weight is 343 g/mol. The largest absolute Gasteiger partial charge is 0.458 e. The molecule has 0 spiro atoms. The van der Waals surface area contributed by atoms with E-state index in [1.807, 2.05) is 35.7 Å². The molecule has 3 aromatic heterocycles. The summed E-state index contributed by atoms with van der Waals surface area (Å²) in [5, 5.41) is 19.4. The van der Waals surface area contributed by atoms with Crippen LogP contribution in [0.25, 0.3) is 11.5 Å². The highest BCUT2D eigenvalue weighted by Crippen LogP contribution is 2.33. The Kier molecular flexibility index (Phi) is 4.51. The Balaban J connectivity index is 1.32. The molecule has 24 heavy (non-hydrogen) atoms. The first-order valence-electron chi connectivity index (χ1n) is 8.32. The number of nitrogens with one attached hydrogen (secondary N) is 1. The fourth-order valence-corrected chi connectivity index (χ4v) is 4.14. The minimum Gasteiger partial charge on any atom is -0.458 e. The van der Waals surface area contributed by atoms with E-state index in [1.54, 1.807) is 17.5 Å². The molecule has 0 amide bonds. The van der Waals surface area contributed by atoms with E-state index in [4.69, 9.17) is 4.42 Å². The lowest BCUT2D eigenvalue weighted by Crippen LogP contribution is -2.35. The van der Waals surface area contributed by atoms with Gasteiger partial charge in [0.15, 0.2) is 5.76 Å². The highest BCUT2D eigenvalue weighted by atomic mass is 32.1. The molecule has 126 valence electrons. The van der Waals surface area contributed by atoms with Gasteiger partial charge in [0.1, 0.15) is 11.5 Å². The molecule has 3 aromatic rings. The first kappa shape index (κ1) is 15.6. The van der Waals surface area contributed by atoms with Crippen molar-refractivity contribution in [3.63, 3.8) is 0 Å². The second-order valence-corrected chi connectivity index (χ2v) is 7.29. The molecule has 6 heteroatoms. The summed E-state index contributed by atoms with van der Waals surface area (Å²) in [6, 6.07) is 9.95. The van der Waals surface area contributed by atoms with E-state index < -0.39 is 0 Å². The van der Waals surface area contributed by atoms with Crippen molar-refractivity contribution in [3.8, 4) is 11.5 Å². The summed E-state index contributed by atoms with van der Waals surface area (Å²) in [7, 11) is 0. The van der Waals surface area contributed by atoms with E-state index in [9.17, 15) is 5.11 Å². The third kappa shape index (κ3) is 3.31. The number of aromatic nitrogens is 2. The van der Waals surface area contributed by atoms with Gasteiger partial charge in [0.25, 0.3) is 0 Å². The lowest BCUT2D eigenvalue weighted by Gasteiger charge is -2.33. The Hall–Kier alpha value is -1.89. The van der Waals surface area contributed by atoms with Crippen molar-refractivity contribution in [1.82, 2.24) is 15.1 Å². The van der Waals surface area contributed by atoms with E-state index >= 15 is 0 Å². The maximum atomic E-state index is 10.5. The van der Waals surface area contributed by atoms with Crippen LogP contribution in [0.4, 0.5) is 0 Å². The molecule has 1 unspecified atom stereocenters. The number of piperidine rings is 1. The van der Waals surface area contributed by atoms with Gasteiger partial charge >= 0.3 is 0 Å². The molecular weight excluding hydrogens is 322 g/mol. The van der Waals surface area contributed by atoms with Crippen LogP contribution in [-0.2, 0) is 6.54 Å². The Morgan fingerprint density at radius 3 is 2.88 bits per heavy atom. The van der Waals surface area contributed by atoms with Crippen molar-refractivity contribution in [2.24, 2.45) is 5.92 Å². The zero-order chi connectivity index (χ0) is 16.4. The van der Waals surface area contributed by atoms with Gasteiger partial charge in [-0.1, -0.05) is 6.07 Å². The maximum Gasteiger partial charge on any atom is 0.152 e. The summed E-state index contributed by atoms with van der Waals surface area (Å²) in [6.45, 7) is 2.80. The average Bonchev–Trinajstić information content (AvgIpc) is 3.36. The van der Waals surface area contributed by atoms with Crippen LogP contribution in [0.2, 0.25) is 0 Å². The fourth-order valence-electron chi connectivity index (χ4n) is 3.34. The second kappa shape index (κ2) is 6.93. The Bertz CT molecular complexity index is 743. The highest BCUT2D eigenvalue weighted by Gasteiger charge is 2.27. The van der Waals surface area contributed by atoms with E-state index in [2.05, 4.69) is 15.1 Å². The van der Waals surface area contributed by atoms with Gasteiger partial charge in [0.05, 0.1) is 12.6 Å². The Morgan fingerprint density at radius 2 is 2.17 bits per heavy atom. The number of nitrogens with zero attached hydrogens (tertiary/aromatic N) is 2. The van der Waals surface area contributed by atoms with E-state index in [1.165, 1.54) is 0 Å². The van der Waals surface area contributed by atoms with Crippen LogP contribution < -0.4 is 0 Å². The van der Waals surface area contributed by atoms with E-state index in [0.717, 1.165) is 54.6 Å². The van der Waals surface area contributed by atoms with Crippen molar-refractivity contribution in [3.05, 3.63) is 52.5 Å². The summed E-state index contributed by atoms with van der Waals surface area (Å²) in [5.41, 5.74) is 0.902. The molecule has 1 fully saturated rings. The topological polar surface area (TPSA) is 65.3 Å². The standard InChI is InChI=1S/C18H21N3O2S/c22-18(17-2-1-11-24-17)13-6-9-21(10-7-13)12-14-3-4-16(23-14)15-5-8-19-20-15/h1-5,8,11,13,18,22H,6-7,9-10,12H2,(H,19,20). The van der Waals surface area contributed by atoms with Gasteiger partial charge in [0, 0.05) is 11.1 Å². The third-order valence-corrected chi connectivity index (χ3v) is 5.66. The molecule has 0 radical (unpaired) electrons. The van der Waals surface area contributed by atoms with Crippen LogP contribution in [-0.4, -0.2) is 33.3 Å². The molecule has 0 aromatic carbocycles. The zero-order valence-corrected chi connectivity index (χ0v) is 14.2. The van der Waals surface area contributed by atoms with Crippen molar-refractivity contribution in [2.45, 2.75) is 25.5 Å². The normalized spacial score (nSPS) is 18.0. The minimum absolute atomic E-state index is 0.317. The van der Waals surface area contributed by atoms with Crippen molar-refractivity contribution < 1.29 is 9.52 Å². The summed E-state index contributed by atoms with van der Waals surface area (Å²) in [6.07, 6.45) is 3.45. The van der Waals surface area contributed by atoms with Crippen molar-refractivity contribution in [2.75, 3.05) is 13.1 Å². The van der Waals surface area contributed by atoms with Crippen molar-refractivity contribution >= 4 is 11.3 Å². The molecule has 4 rings (SSSR count). The molecule has 1 aliphatic rings. The smallest absolute Gasteiger partial charge is 0.152 e. The zero-order valence-electron chi connectivity index (χ0n) is 13.4. The predicted molar refractivity (Wildman–Crippen MR) is 93.6 cm³/mol. The van der Waals surface area contributed by atoms with E-state index in [-0.39, 0.29) is 6.10 Å². The number of thiophene rings is 1. The lowest BCUT2D eigenvalue weighted by molar-refractivity contribution is 0.0572. The van der Waals surface area contributed by atoms with Gasteiger partial charge < -0.3 is 9.52 Å². The molecule has 1 atom stereocenters. The van der Waals surface area contributed by atoms with Gasteiger partial charge in [-0.25, -0.2) is 0 Å². The summed E-state index contributed by atoms with van der Waals surface area (Å²) in [5.74, 6) is 2.15. The number of furan rings is 1. The number of aliphatic hydroxyl groups is 1. The first-order valence-corrected chi connectivity index (χ1v) is 9.20. The number of H-pyrrole nitrogens is 1. The minimum atomic E-state index is -0.317. The molecule has 4 heterocycles. The van der Waals surface area contributed by atoms with Crippen LogP contribution in [0, 0.1) is 5.92 Å². The van der Waals surface area contributed by atoms with Crippen LogP contribution in [0.15, 0.2) is 46.3 Å². The molecule has 5 nitrogen and oxygen atoms in total. The molecular formula is C18H21N3O2S. The van der Waals surface area contributed by atoms with Crippen LogP contribution in [0.1, 0.15) is 29.6 Å². The summed E-state index contributed by atoms with van der Waals surface area (Å²) < 4.78 is 5.90. The monoisotopic (exact) mass is 343 g/mol. The number of hydrogen-bond donors (Lipinski definition) is 2. The van der Waals surface area contributed by atoms with E-state index in [0.29, 0.717) is 5.92 Å². The maximum absolute atomic E-state index is 10.5. The SMILES string of the molecule is OC(c1cccs1)C1CCN(Cc2ccc(-c3ccn[nH]3)o2)CC1. The van der Waals surface area contributed by atoms with Gasteiger partial charge in [-0.2, -0.15) is 5.10 Å². The number of hydrogen-bond acceptors (Lipinski definition) is 5. The number of likely N-dealkylation sites (tertiary alicyclic amines) is 1. The molecule has 2 N–H and O–H groups in total. The molecule has 1 aliphatic heterocycles. The molecule has 0 saturated carbocycles. The quantitative estimate of drug-likeness (QED) is 0.742.